The van der Waals surface area contributed by atoms with E-state index in [1.54, 1.807) is 5.43 Å². The van der Waals surface area contributed by atoms with Gasteiger partial charge in [0.25, 0.3) is 0 Å². The van der Waals surface area contributed by atoms with Crippen molar-refractivity contribution in [2.24, 2.45) is 10.8 Å². The number of rotatable bonds is 10. The van der Waals surface area contributed by atoms with E-state index in [2.05, 4.69) is 35.9 Å². The van der Waals surface area contributed by atoms with Gasteiger partial charge >= 0.3 is 0 Å². The third kappa shape index (κ3) is 9.15. The van der Waals surface area contributed by atoms with E-state index in [0.717, 1.165) is 24.3 Å². The van der Waals surface area contributed by atoms with E-state index < -0.39 is 0 Å². The van der Waals surface area contributed by atoms with Crippen molar-refractivity contribution in [1.29, 1.82) is 0 Å². The molecule has 0 atom stereocenters. The van der Waals surface area contributed by atoms with Gasteiger partial charge in [-0.05, 0) is 24.8 Å². The number of nitrogens with zero attached hydrogens (tertiary/aromatic N) is 1. The van der Waals surface area contributed by atoms with E-state index in [4.69, 9.17) is 14.3 Å². The van der Waals surface area contributed by atoms with Crippen LogP contribution in [0.15, 0.2) is 35.7 Å². The van der Waals surface area contributed by atoms with Gasteiger partial charge in [-0.15, -0.1) is 0 Å². The Labute approximate surface area is 137 Å². The summed E-state index contributed by atoms with van der Waals surface area (Å²) in [6.07, 6.45) is 5.51. The Morgan fingerprint density at radius 3 is 2.70 bits per heavy atom. The molecule has 0 fully saturated rings. The molecule has 0 saturated carbocycles. The molecular weight excluding hydrogens is 296 g/mol. The van der Waals surface area contributed by atoms with Crippen LogP contribution in [-0.4, -0.2) is 33.4 Å². The molecule has 128 valence electrons. The quantitative estimate of drug-likeness (QED) is 0.116. The first kappa shape index (κ1) is 20.5. The predicted molar refractivity (Wildman–Crippen MR) is 93.5 cm³/mol. The highest BCUT2D eigenvalue weighted by atomic mass is 16.5. The van der Waals surface area contributed by atoms with Crippen molar-refractivity contribution in [2.75, 3.05) is 25.6 Å². The lowest BCUT2D eigenvalue weighted by Crippen LogP contribution is -2.18. The molecule has 0 bridgehead atoms. The van der Waals surface area contributed by atoms with E-state index in [9.17, 15) is 0 Å². The van der Waals surface area contributed by atoms with Crippen LogP contribution in [0.3, 0.4) is 0 Å². The Morgan fingerprint density at radius 2 is 2.13 bits per heavy atom. The number of hydrogen-bond acceptors (Lipinski definition) is 6. The summed E-state index contributed by atoms with van der Waals surface area (Å²) < 4.78 is 11.0. The molecule has 7 nitrogen and oxygen atoms in total. The van der Waals surface area contributed by atoms with Crippen molar-refractivity contribution in [2.45, 2.75) is 19.8 Å². The Morgan fingerprint density at radius 1 is 1.39 bits per heavy atom. The molecule has 0 radical (unpaired) electrons. The van der Waals surface area contributed by atoms with E-state index in [-0.39, 0.29) is 0 Å². The number of nitrogens with two attached hydrogens (primary N) is 1. The summed E-state index contributed by atoms with van der Waals surface area (Å²) in [5, 5.41) is 3.15. The zero-order valence-corrected chi connectivity index (χ0v) is 13.7. The lowest BCUT2D eigenvalue weighted by Gasteiger charge is -2.15. The molecule has 0 aliphatic rings. The van der Waals surface area contributed by atoms with Gasteiger partial charge in [-0.2, -0.15) is 0 Å². The van der Waals surface area contributed by atoms with Gasteiger partial charge in [0.2, 0.25) is 6.41 Å². The molecule has 0 heterocycles. The lowest BCUT2D eigenvalue weighted by atomic mass is 10.1. The molecule has 0 spiro atoms. The van der Waals surface area contributed by atoms with E-state index in [1.807, 2.05) is 19.2 Å². The third-order valence-electron chi connectivity index (χ3n) is 2.66. The largest absolute Gasteiger partial charge is 0.496 e. The molecule has 1 aromatic rings. The number of carbonyl (C=O) groups excluding carboxylic acids is 1. The van der Waals surface area contributed by atoms with Crippen molar-refractivity contribution in [3.63, 3.8) is 0 Å². The van der Waals surface area contributed by atoms with Crippen molar-refractivity contribution < 1.29 is 14.3 Å². The van der Waals surface area contributed by atoms with Crippen LogP contribution in [0.25, 0.3) is 0 Å². The summed E-state index contributed by atoms with van der Waals surface area (Å²) in [5.74, 6) is 5.33. The minimum absolute atomic E-state index is 0.403. The first-order valence-electron chi connectivity index (χ1n) is 7.29. The molecule has 0 saturated heterocycles. The minimum Gasteiger partial charge on any atom is -0.496 e. The van der Waals surface area contributed by atoms with Gasteiger partial charge < -0.3 is 14.8 Å². The molecule has 0 aliphatic heterocycles. The fourth-order valence-corrected chi connectivity index (χ4v) is 1.76. The summed E-state index contributed by atoms with van der Waals surface area (Å²) in [7, 11) is 1.90. The molecular formula is C16H26N4O3. The maximum atomic E-state index is 8.94. The molecule has 0 unspecified atom stereocenters. The van der Waals surface area contributed by atoms with Gasteiger partial charge in [0.05, 0.1) is 11.9 Å². The number of aryl methyl sites for hydroxylation is 1. The highest BCUT2D eigenvalue weighted by molar-refractivity contribution is 5.59. The number of nitrogens with one attached hydrogen (secondary N) is 2. The van der Waals surface area contributed by atoms with Gasteiger partial charge in [-0.3, -0.25) is 15.2 Å². The zero-order chi connectivity index (χ0) is 17.3. The number of para-hydroxylation sites is 1. The maximum Gasteiger partial charge on any atom is 0.221 e. The van der Waals surface area contributed by atoms with Crippen LogP contribution in [0.5, 0.6) is 5.75 Å². The highest BCUT2D eigenvalue weighted by Gasteiger charge is 2.08. The average Bonchev–Trinajstić information content (AvgIpc) is 2.59. The number of carbonyl (C=O) groups is 1. The second kappa shape index (κ2) is 14.4. The molecule has 1 amide bonds. The van der Waals surface area contributed by atoms with Gasteiger partial charge in [-0.1, -0.05) is 25.5 Å². The normalized spacial score (nSPS) is 9.52. The summed E-state index contributed by atoms with van der Waals surface area (Å²) in [4.78, 5) is 12.5. The van der Waals surface area contributed by atoms with Gasteiger partial charge in [-0.25, -0.2) is 5.84 Å². The van der Waals surface area contributed by atoms with Gasteiger partial charge in [0, 0.05) is 7.05 Å². The average molecular weight is 322 g/mol. The monoisotopic (exact) mass is 322 g/mol. The van der Waals surface area contributed by atoms with Crippen LogP contribution in [0, 0.1) is 0 Å². The van der Waals surface area contributed by atoms with Crippen molar-refractivity contribution in [3.05, 3.63) is 36.2 Å². The van der Waals surface area contributed by atoms with Crippen molar-refractivity contribution in [3.8, 4) is 5.75 Å². The van der Waals surface area contributed by atoms with Crippen LogP contribution < -0.4 is 21.3 Å². The zero-order valence-electron chi connectivity index (χ0n) is 13.7. The van der Waals surface area contributed by atoms with Gasteiger partial charge in [0.15, 0.2) is 0 Å². The van der Waals surface area contributed by atoms with E-state index in [1.165, 1.54) is 18.0 Å². The van der Waals surface area contributed by atoms with Crippen molar-refractivity contribution in [1.82, 2.24) is 5.43 Å². The Balaban J connectivity index is 0.00000108. The van der Waals surface area contributed by atoms with Crippen LogP contribution in [0.1, 0.15) is 18.9 Å². The molecule has 0 aromatic heterocycles. The van der Waals surface area contributed by atoms with Crippen molar-refractivity contribution >= 4 is 18.8 Å². The topological polar surface area (TPSA) is 98.0 Å². The van der Waals surface area contributed by atoms with E-state index in [0.29, 0.717) is 19.6 Å². The van der Waals surface area contributed by atoms with Crippen LogP contribution in [0.4, 0.5) is 5.69 Å². The number of aliphatic imine (C=N–C) groups is 1. The Hall–Kier alpha value is -2.54. The Bertz CT molecular complexity index is 478. The van der Waals surface area contributed by atoms with Crippen LogP contribution in [-0.2, 0) is 16.0 Å². The first-order chi connectivity index (χ1) is 11.2. The molecule has 1 aromatic carbocycles. The predicted octanol–water partition coefficient (Wildman–Crippen LogP) is 1.85. The van der Waals surface area contributed by atoms with E-state index >= 15 is 0 Å². The number of hydrazine groups is 1. The lowest BCUT2D eigenvalue weighted by molar-refractivity contribution is -0.109. The number of anilines is 1. The SMILES string of the molecule is C=N/C=C\OCCOc1c(CCC)cccc1NC.NNC=O. The second-order valence-electron chi connectivity index (χ2n) is 4.27. The summed E-state index contributed by atoms with van der Waals surface area (Å²) in [5.41, 5.74) is 3.98. The number of amides is 1. The highest BCUT2D eigenvalue weighted by Crippen LogP contribution is 2.29. The van der Waals surface area contributed by atoms with Crippen LogP contribution in [0.2, 0.25) is 0 Å². The number of ether oxygens (including phenoxy) is 2. The fraction of sp³-hybridized carbons (Fsp3) is 0.375. The maximum absolute atomic E-state index is 8.94. The molecule has 23 heavy (non-hydrogen) atoms. The molecule has 4 N–H and O–H groups in total. The Kier molecular flexibility index (Phi) is 12.8. The summed E-state index contributed by atoms with van der Waals surface area (Å²) >= 11 is 0. The second-order valence-corrected chi connectivity index (χ2v) is 4.27. The number of benzene rings is 1. The van der Waals surface area contributed by atoms with Crippen LogP contribution >= 0.6 is 0 Å². The summed E-state index contributed by atoms with van der Waals surface area (Å²) in [6, 6.07) is 6.15. The summed E-state index contributed by atoms with van der Waals surface area (Å²) in [6.45, 7) is 6.46. The smallest absolute Gasteiger partial charge is 0.221 e. The molecule has 7 heteroatoms. The van der Waals surface area contributed by atoms with Gasteiger partial charge in [0.1, 0.15) is 25.2 Å². The fourth-order valence-electron chi connectivity index (χ4n) is 1.76. The minimum atomic E-state index is 0.403. The molecule has 0 aliphatic carbocycles. The number of hydrogen-bond donors (Lipinski definition) is 3. The first-order valence-corrected chi connectivity index (χ1v) is 7.29. The third-order valence-corrected chi connectivity index (χ3v) is 2.66. The molecule has 1 rings (SSSR count). The standard InChI is InChI=1S/C15H22N2O2.CH4N2O/c1-4-6-13-7-5-8-14(17-3)15(13)19-12-11-18-10-9-16-2;2-3-1-4/h5,7-10,17H,2,4,6,11-12H2,1,3H3;1H,2H2,(H,3,4)/b10-9-;.